The van der Waals surface area contributed by atoms with Gasteiger partial charge < -0.3 is 14.7 Å². The number of hydrogen-bond donors (Lipinski definition) is 2. The molecule has 0 aliphatic carbocycles. The van der Waals surface area contributed by atoms with Gasteiger partial charge in [0.05, 0.1) is 18.5 Å². The van der Waals surface area contributed by atoms with Crippen LogP contribution in [-0.2, 0) is 5.41 Å². The van der Waals surface area contributed by atoms with E-state index in [9.17, 15) is 8.78 Å². The number of ether oxygens (including phenoxy) is 1. The van der Waals surface area contributed by atoms with Gasteiger partial charge in [-0.2, -0.15) is 0 Å². The van der Waals surface area contributed by atoms with E-state index in [-0.39, 0.29) is 11.6 Å². The fourth-order valence-electron chi connectivity index (χ4n) is 2.88. The molecule has 3 rings (SSSR count). The highest BCUT2D eigenvalue weighted by Crippen LogP contribution is 2.37. The largest absolute Gasteiger partial charge is 0.494 e. The lowest BCUT2D eigenvalue weighted by atomic mass is 9.79. The number of imidazole rings is 1. The number of nitrogens with one attached hydrogen (secondary N) is 2. The number of H-pyrrole nitrogens is 2. The molecule has 0 saturated heterocycles. The summed E-state index contributed by atoms with van der Waals surface area (Å²) in [6.45, 7) is 4.00. The Balaban J connectivity index is 2.15. The molecule has 130 valence electrons. The molecule has 2 aromatic carbocycles. The lowest BCUT2D eigenvalue weighted by molar-refractivity contribution is 0.384. The Labute approximate surface area is 149 Å². The van der Waals surface area contributed by atoms with Crippen molar-refractivity contribution in [3.63, 3.8) is 0 Å². The maximum absolute atomic E-state index is 13.8. The van der Waals surface area contributed by atoms with Crippen LogP contribution in [0.15, 0.2) is 42.5 Å². The van der Waals surface area contributed by atoms with E-state index < -0.39 is 11.2 Å². The van der Waals surface area contributed by atoms with Gasteiger partial charge in [-0.1, -0.05) is 19.9 Å². The van der Waals surface area contributed by atoms with Crippen molar-refractivity contribution in [2.75, 3.05) is 7.11 Å². The molecule has 6 heteroatoms. The molecule has 3 nitrogen and oxygen atoms in total. The lowest BCUT2D eigenvalue weighted by Gasteiger charge is -2.26. The summed E-state index contributed by atoms with van der Waals surface area (Å²) >= 11 is 5.26. The molecular formula is C19H18F2N2OS. The monoisotopic (exact) mass is 360 g/mol. The molecule has 3 aromatic rings. The average Bonchev–Trinajstić information content (AvgIpc) is 2.98. The zero-order chi connectivity index (χ0) is 18.2. The second-order valence-electron chi connectivity index (χ2n) is 6.31. The predicted molar refractivity (Wildman–Crippen MR) is 96.5 cm³/mol. The lowest BCUT2D eigenvalue weighted by Crippen LogP contribution is -2.21. The molecule has 0 atom stereocenters. The molecule has 0 amide bonds. The maximum Gasteiger partial charge on any atom is 0.175 e. The first kappa shape index (κ1) is 17.4. The Kier molecular flexibility index (Phi) is 4.47. The van der Waals surface area contributed by atoms with Crippen molar-refractivity contribution in [3.05, 3.63) is 70.1 Å². The highest BCUT2D eigenvalue weighted by molar-refractivity contribution is 7.71. The fourth-order valence-corrected chi connectivity index (χ4v) is 3.08. The number of hydrogen-bond acceptors (Lipinski definition) is 2. The molecule has 2 N–H and O–H groups in total. The van der Waals surface area contributed by atoms with Crippen molar-refractivity contribution in [3.8, 4) is 17.0 Å². The highest BCUT2D eigenvalue weighted by Gasteiger charge is 2.29. The summed E-state index contributed by atoms with van der Waals surface area (Å²) in [5.74, 6) is -0.534. The van der Waals surface area contributed by atoms with Crippen molar-refractivity contribution in [1.82, 2.24) is 9.97 Å². The van der Waals surface area contributed by atoms with Crippen molar-refractivity contribution in [2.45, 2.75) is 19.3 Å². The third-order valence-corrected chi connectivity index (χ3v) is 4.56. The van der Waals surface area contributed by atoms with Gasteiger partial charge in [0.2, 0.25) is 0 Å². The number of halogens is 2. The van der Waals surface area contributed by atoms with Crippen LogP contribution in [-0.4, -0.2) is 17.1 Å². The van der Waals surface area contributed by atoms with Gasteiger partial charge in [-0.05, 0) is 54.2 Å². The van der Waals surface area contributed by atoms with Gasteiger partial charge in [0, 0.05) is 11.0 Å². The molecule has 25 heavy (non-hydrogen) atoms. The number of aromatic amines is 2. The Morgan fingerprint density at radius 3 is 2.32 bits per heavy atom. The minimum atomic E-state index is -0.516. The molecule has 0 bridgehead atoms. The molecule has 1 heterocycles. The van der Waals surface area contributed by atoms with Gasteiger partial charge in [0.15, 0.2) is 16.3 Å². The first-order valence-electron chi connectivity index (χ1n) is 7.75. The number of rotatable bonds is 4. The molecule has 0 unspecified atom stereocenters. The van der Waals surface area contributed by atoms with E-state index in [0.29, 0.717) is 4.77 Å². The zero-order valence-corrected chi connectivity index (χ0v) is 14.9. The summed E-state index contributed by atoms with van der Waals surface area (Å²) < 4.78 is 32.6. The normalized spacial score (nSPS) is 11.6. The molecule has 0 aliphatic rings. The van der Waals surface area contributed by atoms with E-state index in [1.54, 1.807) is 24.3 Å². The van der Waals surface area contributed by atoms with Crippen LogP contribution in [0.1, 0.15) is 25.1 Å². The van der Waals surface area contributed by atoms with Gasteiger partial charge in [-0.3, -0.25) is 0 Å². The van der Waals surface area contributed by atoms with E-state index in [4.69, 9.17) is 17.0 Å². The first-order valence-corrected chi connectivity index (χ1v) is 8.16. The van der Waals surface area contributed by atoms with Crippen molar-refractivity contribution >= 4 is 12.2 Å². The predicted octanol–water partition coefficient (Wildman–Crippen LogP) is 5.35. The smallest absolute Gasteiger partial charge is 0.175 e. The topological polar surface area (TPSA) is 40.8 Å². The van der Waals surface area contributed by atoms with E-state index in [1.165, 1.54) is 25.3 Å². The van der Waals surface area contributed by atoms with Crippen LogP contribution in [0.25, 0.3) is 11.3 Å². The SMILES string of the molecule is COc1cc(C(C)(C)c2[nH]c(=S)[nH]c2-c2ccc(F)cc2)ccc1F. The van der Waals surface area contributed by atoms with Crippen molar-refractivity contribution < 1.29 is 13.5 Å². The van der Waals surface area contributed by atoms with Crippen LogP contribution in [0.2, 0.25) is 0 Å². The van der Waals surface area contributed by atoms with Crippen LogP contribution in [0.3, 0.4) is 0 Å². The van der Waals surface area contributed by atoms with Crippen LogP contribution in [0, 0.1) is 16.4 Å². The molecular weight excluding hydrogens is 342 g/mol. The van der Waals surface area contributed by atoms with Gasteiger partial charge in [0.1, 0.15) is 5.82 Å². The first-order chi connectivity index (χ1) is 11.8. The zero-order valence-electron chi connectivity index (χ0n) is 14.1. The van der Waals surface area contributed by atoms with Crippen LogP contribution >= 0.6 is 12.2 Å². The second kappa shape index (κ2) is 6.44. The molecule has 0 fully saturated rings. The highest BCUT2D eigenvalue weighted by atomic mass is 32.1. The average molecular weight is 360 g/mol. The van der Waals surface area contributed by atoms with Gasteiger partial charge in [-0.15, -0.1) is 0 Å². The van der Waals surface area contributed by atoms with Crippen LogP contribution in [0.4, 0.5) is 8.78 Å². The van der Waals surface area contributed by atoms with Crippen LogP contribution in [0.5, 0.6) is 5.75 Å². The summed E-state index contributed by atoms with van der Waals surface area (Å²) in [4.78, 5) is 6.31. The Morgan fingerprint density at radius 2 is 1.68 bits per heavy atom. The number of methoxy groups -OCH3 is 1. The minimum Gasteiger partial charge on any atom is -0.494 e. The third-order valence-electron chi connectivity index (χ3n) is 4.36. The third kappa shape index (κ3) is 3.22. The van der Waals surface area contributed by atoms with Crippen LogP contribution < -0.4 is 4.74 Å². The Hall–Kier alpha value is -2.47. The van der Waals surface area contributed by atoms with Crippen molar-refractivity contribution in [1.29, 1.82) is 0 Å². The van der Waals surface area contributed by atoms with Gasteiger partial charge >= 0.3 is 0 Å². The van der Waals surface area contributed by atoms with E-state index in [0.717, 1.165) is 22.5 Å². The summed E-state index contributed by atoms with van der Waals surface area (Å²) in [6, 6.07) is 11.0. The van der Waals surface area contributed by atoms with Gasteiger partial charge in [0.25, 0.3) is 0 Å². The summed E-state index contributed by atoms with van der Waals surface area (Å²) in [6.07, 6.45) is 0. The fraction of sp³-hybridized carbons (Fsp3) is 0.211. The van der Waals surface area contributed by atoms with Crippen molar-refractivity contribution in [2.24, 2.45) is 0 Å². The van der Waals surface area contributed by atoms with E-state index >= 15 is 0 Å². The quantitative estimate of drug-likeness (QED) is 0.616. The van der Waals surface area contributed by atoms with Gasteiger partial charge in [-0.25, -0.2) is 8.78 Å². The molecule has 0 saturated carbocycles. The molecule has 0 radical (unpaired) electrons. The maximum atomic E-state index is 13.8. The minimum absolute atomic E-state index is 0.183. The molecule has 0 spiro atoms. The summed E-state index contributed by atoms with van der Waals surface area (Å²) in [7, 11) is 1.43. The standard InChI is InChI=1S/C19H18F2N2OS/c1-19(2,12-6-9-14(21)15(10-12)24-3)17-16(22-18(25)23-17)11-4-7-13(20)8-5-11/h4-10H,1-3H3,(H2,22,23,25). The van der Waals surface area contributed by atoms with E-state index in [1.807, 2.05) is 13.8 Å². The number of benzene rings is 2. The molecule has 0 aliphatic heterocycles. The Morgan fingerprint density at radius 1 is 1.00 bits per heavy atom. The Bertz CT molecular complexity index is 958. The molecule has 1 aromatic heterocycles. The number of aromatic nitrogens is 2. The summed E-state index contributed by atoms with van der Waals surface area (Å²) in [5, 5.41) is 0. The summed E-state index contributed by atoms with van der Waals surface area (Å²) in [5.41, 5.74) is 2.76. The van der Waals surface area contributed by atoms with E-state index in [2.05, 4.69) is 9.97 Å². The second-order valence-corrected chi connectivity index (χ2v) is 6.72.